The van der Waals surface area contributed by atoms with Crippen molar-refractivity contribution in [3.8, 4) is 0 Å². The number of amides is 3. The highest BCUT2D eigenvalue weighted by Gasteiger charge is 2.72. The second kappa shape index (κ2) is 10.5. The molecule has 0 aromatic carbocycles. The van der Waals surface area contributed by atoms with E-state index in [1.807, 2.05) is 38.2 Å². The number of likely N-dealkylation sites (tertiary alicyclic amines) is 1. The third-order valence-electron chi connectivity index (χ3n) is 8.52. The zero-order chi connectivity index (χ0) is 26.3. The smallest absolute Gasteiger partial charge is 0.249 e. The van der Waals surface area contributed by atoms with Crippen molar-refractivity contribution in [3.05, 3.63) is 24.3 Å². The number of aliphatic hydroxyl groups excluding tert-OH is 1. The van der Waals surface area contributed by atoms with Crippen molar-refractivity contribution in [1.29, 1.82) is 0 Å². The standard InChI is InChI=1S/C27H40N4O6/c1-18(2)16-19(17-32)31-23-26(35)30(11-10-29-12-14-36-15-13-29)9-5-7-27(23)22(25(31)34)21-20(37-27)6-4-8-28(3)24(21)33/h4-7,18-23,32H,8-17H2,1-3H3/t19-,20-,21+,22+,23?,27+/m1/s1. The third kappa shape index (κ3) is 4.51. The Hall–Kier alpha value is -2.27. The van der Waals surface area contributed by atoms with Gasteiger partial charge in [0.2, 0.25) is 17.7 Å². The van der Waals surface area contributed by atoms with Gasteiger partial charge in [-0.15, -0.1) is 0 Å². The molecule has 0 aromatic rings. The molecule has 5 heterocycles. The van der Waals surface area contributed by atoms with Crippen LogP contribution in [-0.4, -0.2) is 132 Å². The number of likely N-dealkylation sites (N-methyl/N-ethyl adjacent to an activating group) is 1. The van der Waals surface area contributed by atoms with Gasteiger partial charge in [0.05, 0.1) is 43.8 Å². The molecule has 0 radical (unpaired) electrons. The lowest BCUT2D eigenvalue weighted by atomic mass is 9.77. The maximum atomic E-state index is 14.3. The van der Waals surface area contributed by atoms with Crippen molar-refractivity contribution >= 4 is 17.7 Å². The first kappa shape index (κ1) is 26.3. The topological polar surface area (TPSA) is 103 Å². The van der Waals surface area contributed by atoms with Gasteiger partial charge in [0.25, 0.3) is 0 Å². The van der Waals surface area contributed by atoms with Crippen molar-refractivity contribution in [2.45, 2.75) is 44.1 Å². The maximum absolute atomic E-state index is 14.3. The van der Waals surface area contributed by atoms with Crippen molar-refractivity contribution in [2.24, 2.45) is 17.8 Å². The number of hydrogen-bond acceptors (Lipinski definition) is 7. The van der Waals surface area contributed by atoms with Crippen LogP contribution in [0.15, 0.2) is 24.3 Å². The van der Waals surface area contributed by atoms with E-state index in [-0.39, 0.29) is 30.2 Å². The quantitative estimate of drug-likeness (QED) is 0.465. The van der Waals surface area contributed by atoms with Crippen LogP contribution in [0.5, 0.6) is 0 Å². The fourth-order valence-electron chi connectivity index (χ4n) is 6.75. The molecule has 37 heavy (non-hydrogen) atoms. The minimum absolute atomic E-state index is 0.149. The van der Waals surface area contributed by atoms with Crippen molar-refractivity contribution in [1.82, 2.24) is 19.6 Å². The Kier molecular flexibility index (Phi) is 7.46. The van der Waals surface area contributed by atoms with Crippen molar-refractivity contribution < 1.29 is 29.0 Å². The lowest BCUT2D eigenvalue weighted by Gasteiger charge is -2.39. The maximum Gasteiger partial charge on any atom is 0.249 e. The van der Waals surface area contributed by atoms with E-state index in [1.54, 1.807) is 21.7 Å². The van der Waals surface area contributed by atoms with E-state index >= 15 is 0 Å². The summed E-state index contributed by atoms with van der Waals surface area (Å²) in [5, 5.41) is 10.4. The zero-order valence-electron chi connectivity index (χ0n) is 22.1. The summed E-state index contributed by atoms with van der Waals surface area (Å²) in [4.78, 5) is 49.2. The molecule has 5 rings (SSSR count). The van der Waals surface area contributed by atoms with Crippen molar-refractivity contribution in [2.75, 3.05) is 66.1 Å². The van der Waals surface area contributed by atoms with E-state index in [9.17, 15) is 19.5 Å². The van der Waals surface area contributed by atoms with Crippen LogP contribution in [0.2, 0.25) is 0 Å². The summed E-state index contributed by atoms with van der Waals surface area (Å²) in [6.07, 6.45) is 7.52. The first-order chi connectivity index (χ1) is 17.8. The number of rotatable bonds is 7. The van der Waals surface area contributed by atoms with E-state index in [0.717, 1.165) is 13.1 Å². The lowest BCUT2D eigenvalue weighted by molar-refractivity contribution is -0.151. The SMILES string of the molecule is CC(C)C[C@H](CO)N1C(=O)[C@@H]2[C@H]3C(=O)N(C)CC=C[C@H]3O[C@@]23C=CCN(CCN2CCOCC2)C(=O)C13. The second-order valence-electron chi connectivity index (χ2n) is 11.3. The first-order valence-electron chi connectivity index (χ1n) is 13.6. The van der Waals surface area contributed by atoms with Crippen LogP contribution in [-0.2, 0) is 23.9 Å². The minimum Gasteiger partial charge on any atom is -0.394 e. The number of carbonyl (C=O) groups is 3. The molecule has 10 nitrogen and oxygen atoms in total. The van der Waals surface area contributed by atoms with E-state index in [2.05, 4.69) is 4.90 Å². The Bertz CT molecular complexity index is 963. The highest BCUT2D eigenvalue weighted by Crippen LogP contribution is 2.54. The molecule has 204 valence electrons. The van der Waals surface area contributed by atoms with Gasteiger partial charge in [0.15, 0.2) is 0 Å². The molecule has 3 amide bonds. The highest BCUT2D eigenvalue weighted by molar-refractivity contribution is 6.00. The molecule has 5 aliphatic heterocycles. The molecule has 0 aliphatic carbocycles. The predicted molar refractivity (Wildman–Crippen MR) is 135 cm³/mol. The van der Waals surface area contributed by atoms with Gasteiger partial charge in [0, 0.05) is 46.3 Å². The van der Waals surface area contributed by atoms with E-state index in [0.29, 0.717) is 45.8 Å². The minimum atomic E-state index is -1.25. The molecule has 3 saturated heterocycles. The normalized spacial score (nSPS) is 35.1. The molecule has 0 aromatic heterocycles. The van der Waals surface area contributed by atoms with Gasteiger partial charge >= 0.3 is 0 Å². The number of fused-ring (bicyclic) bond motifs is 2. The zero-order valence-corrected chi connectivity index (χ0v) is 22.1. The molecule has 5 aliphatic rings. The summed E-state index contributed by atoms with van der Waals surface area (Å²) in [5.41, 5.74) is -1.25. The van der Waals surface area contributed by atoms with Gasteiger partial charge in [-0.05, 0) is 12.3 Å². The number of carbonyl (C=O) groups excluding carboxylic acids is 3. The van der Waals surface area contributed by atoms with Crippen LogP contribution in [0.1, 0.15) is 20.3 Å². The molecule has 10 heteroatoms. The monoisotopic (exact) mass is 516 g/mol. The molecule has 6 atom stereocenters. The number of nitrogens with zero attached hydrogens (tertiary/aromatic N) is 4. The van der Waals surface area contributed by atoms with Crippen LogP contribution in [0.3, 0.4) is 0 Å². The van der Waals surface area contributed by atoms with Gasteiger partial charge in [-0.25, -0.2) is 0 Å². The fraction of sp³-hybridized carbons (Fsp3) is 0.741. The number of hydrogen-bond donors (Lipinski definition) is 1. The summed E-state index contributed by atoms with van der Waals surface area (Å²) in [5.74, 6) is -1.93. The molecule has 1 N–H and O–H groups in total. The Labute approximate surface area is 218 Å². The summed E-state index contributed by atoms with van der Waals surface area (Å²) in [6.45, 7) is 8.93. The lowest BCUT2D eigenvalue weighted by Crippen LogP contribution is -2.59. The molecular formula is C27H40N4O6. The number of ether oxygens (including phenoxy) is 2. The van der Waals surface area contributed by atoms with Crippen molar-refractivity contribution in [3.63, 3.8) is 0 Å². The number of morpholine rings is 1. The van der Waals surface area contributed by atoms with E-state index in [1.165, 1.54) is 0 Å². The third-order valence-corrected chi connectivity index (χ3v) is 8.52. The van der Waals surface area contributed by atoms with Crippen LogP contribution >= 0.6 is 0 Å². The van der Waals surface area contributed by atoms with Gasteiger partial charge in [-0.3, -0.25) is 19.3 Å². The largest absolute Gasteiger partial charge is 0.394 e. The summed E-state index contributed by atoms with van der Waals surface area (Å²) < 4.78 is 12.1. The molecule has 0 bridgehead atoms. The van der Waals surface area contributed by atoms with E-state index < -0.39 is 35.6 Å². The molecular weight excluding hydrogens is 476 g/mol. The summed E-state index contributed by atoms with van der Waals surface area (Å²) in [7, 11) is 1.73. The molecule has 3 fully saturated rings. The first-order valence-corrected chi connectivity index (χ1v) is 13.6. The fourth-order valence-corrected chi connectivity index (χ4v) is 6.75. The van der Waals surface area contributed by atoms with Crippen LogP contribution in [0, 0.1) is 17.8 Å². The number of aliphatic hydroxyl groups is 1. The second-order valence-corrected chi connectivity index (χ2v) is 11.3. The van der Waals surface area contributed by atoms with Gasteiger partial charge < -0.3 is 29.3 Å². The Morgan fingerprint density at radius 3 is 2.51 bits per heavy atom. The average Bonchev–Trinajstić information content (AvgIpc) is 3.22. The van der Waals surface area contributed by atoms with Gasteiger partial charge in [-0.1, -0.05) is 38.2 Å². The Balaban J connectivity index is 1.52. The van der Waals surface area contributed by atoms with Gasteiger partial charge in [-0.2, -0.15) is 0 Å². The highest BCUT2D eigenvalue weighted by atomic mass is 16.5. The molecule has 1 unspecified atom stereocenters. The Morgan fingerprint density at radius 1 is 1.05 bits per heavy atom. The van der Waals surface area contributed by atoms with Crippen LogP contribution in [0.4, 0.5) is 0 Å². The molecule has 1 spiro atoms. The average molecular weight is 517 g/mol. The van der Waals surface area contributed by atoms with E-state index in [4.69, 9.17) is 9.47 Å². The van der Waals surface area contributed by atoms with Gasteiger partial charge in [0.1, 0.15) is 11.6 Å². The summed E-state index contributed by atoms with van der Waals surface area (Å²) in [6, 6.07) is -1.46. The van der Waals surface area contributed by atoms with Crippen LogP contribution < -0.4 is 0 Å². The Morgan fingerprint density at radius 2 is 1.81 bits per heavy atom. The van der Waals surface area contributed by atoms with Crippen LogP contribution in [0.25, 0.3) is 0 Å². The predicted octanol–water partition coefficient (Wildman–Crippen LogP) is -0.267. The summed E-state index contributed by atoms with van der Waals surface area (Å²) >= 11 is 0. The molecule has 0 saturated carbocycles.